The summed E-state index contributed by atoms with van der Waals surface area (Å²) in [6, 6.07) is 0. The van der Waals surface area contributed by atoms with Gasteiger partial charge in [0.2, 0.25) is 0 Å². The maximum atomic E-state index is 5.56. The SMILES string of the molecule is C.C.C.C.CCCCOCC(C)C.CCCCOCC(C)OCC(C)C.CCCCOCC(C)OCC(C)C. The summed E-state index contributed by atoms with van der Waals surface area (Å²) in [5.74, 6) is 1.90. The molecule has 2 atom stereocenters. The van der Waals surface area contributed by atoms with E-state index in [0.29, 0.717) is 17.8 Å². The molecular formula is C34H82O5. The molecule has 0 saturated heterocycles. The molecular weight excluding hydrogens is 488 g/mol. The van der Waals surface area contributed by atoms with Gasteiger partial charge < -0.3 is 23.7 Å². The van der Waals surface area contributed by atoms with E-state index in [4.69, 9.17) is 23.7 Å². The van der Waals surface area contributed by atoms with Crippen LogP contribution in [0.3, 0.4) is 0 Å². The van der Waals surface area contributed by atoms with Crippen molar-refractivity contribution in [1.82, 2.24) is 0 Å². The fourth-order valence-electron chi connectivity index (χ4n) is 2.37. The summed E-state index contributed by atoms with van der Waals surface area (Å²) in [5, 5.41) is 0. The molecule has 0 amide bonds. The smallest absolute Gasteiger partial charge is 0.0780 e. The third-order valence-electron chi connectivity index (χ3n) is 4.51. The van der Waals surface area contributed by atoms with Gasteiger partial charge in [0.25, 0.3) is 0 Å². The molecule has 0 aromatic rings. The fraction of sp³-hybridized carbons (Fsp3) is 1.00. The molecule has 0 heterocycles. The van der Waals surface area contributed by atoms with E-state index < -0.39 is 0 Å². The number of ether oxygens (including phenoxy) is 5. The van der Waals surface area contributed by atoms with Crippen molar-refractivity contribution in [3.8, 4) is 0 Å². The maximum absolute atomic E-state index is 5.56. The molecule has 0 spiro atoms. The highest BCUT2D eigenvalue weighted by atomic mass is 16.5. The van der Waals surface area contributed by atoms with Crippen molar-refractivity contribution in [2.75, 3.05) is 52.9 Å². The van der Waals surface area contributed by atoms with Gasteiger partial charge in [0.15, 0.2) is 0 Å². The average molecular weight is 571 g/mol. The molecule has 0 saturated carbocycles. The van der Waals surface area contributed by atoms with Gasteiger partial charge in [0, 0.05) is 39.6 Å². The third-order valence-corrected chi connectivity index (χ3v) is 4.51. The Morgan fingerprint density at radius 2 is 0.641 bits per heavy atom. The molecule has 0 aliphatic rings. The van der Waals surface area contributed by atoms with E-state index in [0.717, 1.165) is 65.7 Å². The van der Waals surface area contributed by atoms with Gasteiger partial charge in [-0.25, -0.2) is 0 Å². The van der Waals surface area contributed by atoms with Crippen molar-refractivity contribution in [3.05, 3.63) is 0 Å². The number of hydrogen-bond acceptors (Lipinski definition) is 5. The molecule has 0 aromatic heterocycles. The average Bonchev–Trinajstić information content (AvgIpc) is 2.80. The Morgan fingerprint density at radius 3 is 0.872 bits per heavy atom. The van der Waals surface area contributed by atoms with Crippen LogP contribution in [0.25, 0.3) is 0 Å². The van der Waals surface area contributed by atoms with Crippen LogP contribution in [0.1, 0.15) is 144 Å². The number of unbranched alkanes of at least 4 members (excludes halogenated alkanes) is 3. The lowest BCUT2D eigenvalue weighted by molar-refractivity contribution is -0.0165. The topological polar surface area (TPSA) is 46.2 Å². The van der Waals surface area contributed by atoms with Crippen molar-refractivity contribution < 1.29 is 23.7 Å². The highest BCUT2D eigenvalue weighted by Gasteiger charge is 2.04. The second-order valence-electron chi connectivity index (χ2n) is 10.8. The minimum absolute atomic E-state index is 0. The molecule has 5 heteroatoms. The Kier molecular flexibility index (Phi) is 63.0. The highest BCUT2D eigenvalue weighted by molar-refractivity contribution is 4.50. The van der Waals surface area contributed by atoms with Crippen LogP contribution in [0.4, 0.5) is 0 Å². The standard InChI is InChI=1S/2C11H24O2.C8H18O.4CH4/c2*1-5-6-7-12-9-11(4)13-8-10(2)3;1-4-5-6-9-7-8(2)3;;;;/h2*10-11H,5-9H2,1-4H3;8H,4-7H2,1-3H3;4*1H4. The Balaban J connectivity index is -0.0000000761. The van der Waals surface area contributed by atoms with Crippen LogP contribution in [0, 0.1) is 17.8 Å². The molecule has 5 nitrogen and oxygen atoms in total. The molecule has 0 fully saturated rings. The van der Waals surface area contributed by atoms with E-state index in [2.05, 4.69) is 76.2 Å². The Bertz CT molecular complexity index is 335. The summed E-state index contributed by atoms with van der Waals surface area (Å²) in [6.07, 6.45) is 7.60. The molecule has 0 aliphatic heterocycles. The first-order valence-electron chi connectivity index (χ1n) is 14.6. The largest absolute Gasteiger partial charge is 0.381 e. The predicted molar refractivity (Wildman–Crippen MR) is 179 cm³/mol. The van der Waals surface area contributed by atoms with Crippen LogP contribution in [-0.2, 0) is 23.7 Å². The van der Waals surface area contributed by atoms with Crippen molar-refractivity contribution in [2.24, 2.45) is 17.8 Å². The quantitative estimate of drug-likeness (QED) is 0.128. The van der Waals surface area contributed by atoms with E-state index >= 15 is 0 Å². The molecule has 0 bridgehead atoms. The van der Waals surface area contributed by atoms with Crippen LogP contribution in [0.2, 0.25) is 0 Å². The summed E-state index contributed by atoms with van der Waals surface area (Å²) < 4.78 is 27.3. The Labute approximate surface area is 250 Å². The monoisotopic (exact) mass is 571 g/mol. The minimum atomic E-state index is 0. The van der Waals surface area contributed by atoms with Gasteiger partial charge in [0.1, 0.15) is 0 Å². The van der Waals surface area contributed by atoms with Crippen LogP contribution in [0.15, 0.2) is 0 Å². The minimum Gasteiger partial charge on any atom is -0.381 e. The Morgan fingerprint density at radius 1 is 0.385 bits per heavy atom. The molecule has 0 aromatic carbocycles. The van der Waals surface area contributed by atoms with E-state index in [1.807, 2.05) is 0 Å². The normalized spacial score (nSPS) is 11.5. The van der Waals surface area contributed by atoms with Gasteiger partial charge in [0.05, 0.1) is 25.4 Å². The van der Waals surface area contributed by atoms with Crippen LogP contribution in [-0.4, -0.2) is 65.1 Å². The fourth-order valence-corrected chi connectivity index (χ4v) is 2.37. The lowest BCUT2D eigenvalue weighted by Gasteiger charge is -2.14. The highest BCUT2D eigenvalue weighted by Crippen LogP contribution is 2.00. The van der Waals surface area contributed by atoms with Crippen LogP contribution in [0.5, 0.6) is 0 Å². The maximum Gasteiger partial charge on any atom is 0.0780 e. The first kappa shape index (κ1) is 54.8. The zero-order valence-electron chi connectivity index (χ0n) is 25.8. The van der Waals surface area contributed by atoms with Gasteiger partial charge >= 0.3 is 0 Å². The third kappa shape index (κ3) is 62.7. The Hall–Kier alpha value is -0.200. The lowest BCUT2D eigenvalue weighted by Crippen LogP contribution is -2.18. The van der Waals surface area contributed by atoms with Crippen molar-refractivity contribution >= 4 is 0 Å². The van der Waals surface area contributed by atoms with Gasteiger partial charge in [-0.3, -0.25) is 0 Å². The van der Waals surface area contributed by atoms with Crippen LogP contribution < -0.4 is 0 Å². The van der Waals surface area contributed by atoms with E-state index in [-0.39, 0.29) is 41.9 Å². The molecule has 0 N–H and O–H groups in total. The summed E-state index contributed by atoms with van der Waals surface area (Å²) in [4.78, 5) is 0. The molecule has 248 valence electrons. The number of hydrogen-bond donors (Lipinski definition) is 0. The summed E-state index contributed by atoms with van der Waals surface area (Å²) in [6.45, 7) is 30.3. The van der Waals surface area contributed by atoms with Crippen molar-refractivity contribution in [3.63, 3.8) is 0 Å². The van der Waals surface area contributed by atoms with Crippen LogP contribution >= 0.6 is 0 Å². The zero-order chi connectivity index (χ0) is 27.3. The van der Waals surface area contributed by atoms with Gasteiger partial charge in [-0.05, 0) is 50.9 Å². The first-order chi connectivity index (χ1) is 16.6. The predicted octanol–water partition coefficient (Wildman–Crippen LogP) is 10.7. The van der Waals surface area contributed by atoms with Gasteiger partial charge in [-0.1, -0.05) is 111 Å². The van der Waals surface area contributed by atoms with Gasteiger partial charge in [-0.15, -0.1) is 0 Å². The molecule has 0 radical (unpaired) electrons. The van der Waals surface area contributed by atoms with E-state index in [1.165, 1.54) is 25.7 Å². The first-order valence-corrected chi connectivity index (χ1v) is 14.6. The molecule has 39 heavy (non-hydrogen) atoms. The zero-order valence-corrected chi connectivity index (χ0v) is 25.8. The molecule has 2 unspecified atom stereocenters. The van der Waals surface area contributed by atoms with Gasteiger partial charge in [-0.2, -0.15) is 0 Å². The summed E-state index contributed by atoms with van der Waals surface area (Å²) in [7, 11) is 0. The molecule has 0 aliphatic carbocycles. The van der Waals surface area contributed by atoms with Crippen molar-refractivity contribution in [1.29, 1.82) is 0 Å². The van der Waals surface area contributed by atoms with E-state index in [1.54, 1.807) is 0 Å². The summed E-state index contributed by atoms with van der Waals surface area (Å²) >= 11 is 0. The second-order valence-corrected chi connectivity index (χ2v) is 10.8. The number of rotatable bonds is 21. The summed E-state index contributed by atoms with van der Waals surface area (Å²) in [5.41, 5.74) is 0. The lowest BCUT2D eigenvalue weighted by atomic mass is 10.2. The molecule has 0 rings (SSSR count). The second kappa shape index (κ2) is 44.8. The van der Waals surface area contributed by atoms with Crippen molar-refractivity contribution in [2.45, 2.75) is 157 Å². The van der Waals surface area contributed by atoms with E-state index in [9.17, 15) is 0 Å².